The Morgan fingerprint density at radius 3 is 2.71 bits per heavy atom. The number of nitrogens with zero attached hydrogens (tertiary/aromatic N) is 1. The third-order valence-electron chi connectivity index (χ3n) is 3.52. The molecule has 0 radical (unpaired) electrons. The van der Waals surface area contributed by atoms with Crippen LogP contribution in [-0.4, -0.2) is 30.0 Å². The highest BCUT2D eigenvalue weighted by molar-refractivity contribution is 6.27. The first-order valence-electron chi connectivity index (χ1n) is 6.69. The first kappa shape index (κ1) is 15.4. The van der Waals surface area contributed by atoms with Gasteiger partial charge in [-0.1, -0.05) is 30.3 Å². The van der Waals surface area contributed by atoms with Crippen LogP contribution in [0.25, 0.3) is 0 Å². The summed E-state index contributed by atoms with van der Waals surface area (Å²) in [6.07, 6.45) is 2.18. The number of ketones is 2. The highest BCUT2D eigenvalue weighted by Gasteiger charge is 2.28. The van der Waals surface area contributed by atoms with Gasteiger partial charge in [0.25, 0.3) is 0 Å². The molecule has 1 aromatic carbocycles. The summed E-state index contributed by atoms with van der Waals surface area (Å²) in [4.78, 5) is 23.8. The van der Waals surface area contributed by atoms with E-state index in [1.807, 2.05) is 12.1 Å². The summed E-state index contributed by atoms with van der Waals surface area (Å²) in [6.45, 7) is 0.533. The van der Waals surface area contributed by atoms with E-state index < -0.39 is 0 Å². The van der Waals surface area contributed by atoms with E-state index in [0.717, 1.165) is 0 Å². The maximum atomic E-state index is 12.2. The van der Waals surface area contributed by atoms with E-state index in [2.05, 4.69) is 5.32 Å². The lowest BCUT2D eigenvalue weighted by Crippen LogP contribution is -2.21. The third kappa shape index (κ3) is 3.78. The molecule has 2 atom stereocenters. The van der Waals surface area contributed by atoms with Gasteiger partial charge in [-0.2, -0.15) is 5.26 Å². The third-order valence-corrected chi connectivity index (χ3v) is 3.78. The number of Topliss-reactive ketones (excluding diaryl/α,β-unsaturated/α-hetero) is 2. The lowest BCUT2D eigenvalue weighted by Gasteiger charge is -2.06. The molecule has 0 aromatic heterocycles. The molecule has 2 unspecified atom stereocenters. The number of hydrogen-bond donors (Lipinski definition) is 1. The second-order valence-corrected chi connectivity index (χ2v) is 5.20. The van der Waals surface area contributed by atoms with Crippen LogP contribution in [0.15, 0.2) is 42.0 Å². The summed E-state index contributed by atoms with van der Waals surface area (Å²) in [7, 11) is 0. The molecule has 0 amide bonds. The second kappa shape index (κ2) is 7.16. The SMILES string of the molecule is N#C/C(=C\C1CC(C(=O)CCl)CN1)C(=O)c1ccccc1. The number of nitrogens with one attached hydrogen (secondary N) is 1. The maximum Gasteiger partial charge on any atom is 0.203 e. The van der Waals surface area contributed by atoms with Gasteiger partial charge in [-0.05, 0) is 12.5 Å². The molecule has 1 fully saturated rings. The molecule has 0 spiro atoms. The van der Waals surface area contributed by atoms with Crippen molar-refractivity contribution >= 4 is 23.2 Å². The smallest absolute Gasteiger partial charge is 0.203 e. The van der Waals surface area contributed by atoms with Crippen molar-refractivity contribution in [1.82, 2.24) is 5.32 Å². The van der Waals surface area contributed by atoms with Gasteiger partial charge in [0.1, 0.15) is 6.07 Å². The van der Waals surface area contributed by atoms with E-state index in [-0.39, 0.29) is 35.0 Å². The number of hydrogen-bond acceptors (Lipinski definition) is 4. The minimum atomic E-state index is -0.299. The van der Waals surface area contributed by atoms with E-state index in [4.69, 9.17) is 11.6 Å². The van der Waals surface area contributed by atoms with Gasteiger partial charge < -0.3 is 5.32 Å². The van der Waals surface area contributed by atoms with Gasteiger partial charge in [-0.25, -0.2) is 0 Å². The topological polar surface area (TPSA) is 70.0 Å². The molecule has 1 N–H and O–H groups in total. The molecule has 108 valence electrons. The number of carbonyl (C=O) groups excluding carboxylic acids is 2. The molecule has 5 heteroatoms. The van der Waals surface area contributed by atoms with Crippen LogP contribution < -0.4 is 5.32 Å². The second-order valence-electron chi connectivity index (χ2n) is 4.93. The Hall–Kier alpha value is -1.96. The van der Waals surface area contributed by atoms with Crippen LogP contribution in [0.1, 0.15) is 16.8 Å². The van der Waals surface area contributed by atoms with Crippen molar-refractivity contribution in [2.75, 3.05) is 12.4 Å². The van der Waals surface area contributed by atoms with Gasteiger partial charge in [-0.15, -0.1) is 11.6 Å². The summed E-state index contributed by atoms with van der Waals surface area (Å²) in [5, 5.41) is 12.3. The minimum absolute atomic E-state index is 0.00314. The van der Waals surface area contributed by atoms with Gasteiger partial charge in [-0.3, -0.25) is 9.59 Å². The first-order chi connectivity index (χ1) is 10.2. The predicted octanol–water partition coefficient (Wildman–Crippen LogP) is 2.11. The molecule has 2 rings (SSSR count). The van der Waals surface area contributed by atoms with E-state index in [1.165, 1.54) is 0 Å². The highest BCUT2D eigenvalue weighted by Crippen LogP contribution is 2.19. The van der Waals surface area contributed by atoms with Crippen LogP contribution in [0.2, 0.25) is 0 Å². The van der Waals surface area contributed by atoms with Crippen molar-refractivity contribution in [2.24, 2.45) is 5.92 Å². The molecule has 4 nitrogen and oxygen atoms in total. The Morgan fingerprint density at radius 2 is 2.10 bits per heavy atom. The summed E-state index contributed by atoms with van der Waals surface area (Å²) >= 11 is 5.54. The standard InChI is InChI=1S/C16H15ClN2O2/c17-8-15(20)13-7-14(19-10-13)6-12(9-18)16(21)11-4-2-1-3-5-11/h1-6,13-14,19H,7-8,10H2/b12-6+. The van der Waals surface area contributed by atoms with Crippen LogP contribution in [-0.2, 0) is 4.79 Å². The average molecular weight is 303 g/mol. The largest absolute Gasteiger partial charge is 0.310 e. The Kier molecular flexibility index (Phi) is 5.26. The summed E-state index contributed by atoms with van der Waals surface area (Å²) in [5.74, 6) is -0.452. The molecule has 1 heterocycles. The molecular formula is C16H15ClN2O2. The Balaban J connectivity index is 2.10. The van der Waals surface area contributed by atoms with E-state index in [0.29, 0.717) is 18.5 Å². The van der Waals surface area contributed by atoms with Crippen molar-refractivity contribution < 1.29 is 9.59 Å². The summed E-state index contributed by atoms with van der Waals surface area (Å²) in [6, 6.07) is 10.5. The number of halogens is 1. The molecule has 1 aliphatic rings. The number of alkyl halides is 1. The lowest BCUT2D eigenvalue weighted by molar-refractivity contribution is -0.119. The van der Waals surface area contributed by atoms with Crippen LogP contribution in [0.4, 0.5) is 0 Å². The molecule has 1 aliphatic heterocycles. The van der Waals surface area contributed by atoms with E-state index >= 15 is 0 Å². The highest BCUT2D eigenvalue weighted by atomic mass is 35.5. The van der Waals surface area contributed by atoms with Crippen molar-refractivity contribution in [1.29, 1.82) is 5.26 Å². The number of rotatable bonds is 5. The molecule has 1 aromatic rings. The van der Waals surface area contributed by atoms with Gasteiger partial charge >= 0.3 is 0 Å². The molecule has 0 saturated carbocycles. The van der Waals surface area contributed by atoms with Gasteiger partial charge in [0.15, 0.2) is 5.78 Å². The van der Waals surface area contributed by atoms with Gasteiger partial charge in [0, 0.05) is 24.1 Å². The normalized spacial score (nSPS) is 21.8. The first-order valence-corrected chi connectivity index (χ1v) is 7.23. The fraction of sp³-hybridized carbons (Fsp3) is 0.312. The number of allylic oxidation sites excluding steroid dienone is 1. The van der Waals surface area contributed by atoms with Crippen LogP contribution in [0.3, 0.4) is 0 Å². The van der Waals surface area contributed by atoms with Gasteiger partial charge in [0.05, 0.1) is 11.5 Å². The van der Waals surface area contributed by atoms with Crippen LogP contribution >= 0.6 is 11.6 Å². The zero-order valence-corrected chi connectivity index (χ0v) is 12.1. The van der Waals surface area contributed by atoms with E-state index in [1.54, 1.807) is 30.3 Å². The number of carbonyl (C=O) groups is 2. The zero-order valence-electron chi connectivity index (χ0n) is 11.4. The van der Waals surface area contributed by atoms with Crippen molar-refractivity contribution in [3.63, 3.8) is 0 Å². The summed E-state index contributed by atoms with van der Waals surface area (Å²) < 4.78 is 0. The average Bonchev–Trinajstić information content (AvgIpc) is 3.00. The lowest BCUT2D eigenvalue weighted by atomic mass is 9.98. The molecular weight excluding hydrogens is 288 g/mol. The van der Waals surface area contributed by atoms with Crippen LogP contribution in [0.5, 0.6) is 0 Å². The fourth-order valence-electron chi connectivity index (χ4n) is 2.36. The van der Waals surface area contributed by atoms with Gasteiger partial charge in [0.2, 0.25) is 5.78 Å². The van der Waals surface area contributed by atoms with E-state index in [9.17, 15) is 14.9 Å². The monoisotopic (exact) mass is 302 g/mol. The molecule has 0 aliphatic carbocycles. The number of benzene rings is 1. The maximum absolute atomic E-state index is 12.2. The zero-order chi connectivity index (χ0) is 15.2. The van der Waals surface area contributed by atoms with Crippen LogP contribution in [0, 0.1) is 17.2 Å². The molecule has 0 bridgehead atoms. The predicted molar refractivity (Wildman–Crippen MR) is 80.1 cm³/mol. The fourth-order valence-corrected chi connectivity index (χ4v) is 2.58. The van der Waals surface area contributed by atoms with Crippen molar-refractivity contribution in [2.45, 2.75) is 12.5 Å². The minimum Gasteiger partial charge on any atom is -0.310 e. The Bertz CT molecular complexity index is 604. The summed E-state index contributed by atoms with van der Waals surface area (Å²) in [5.41, 5.74) is 0.578. The number of nitriles is 1. The molecule has 1 saturated heterocycles. The quantitative estimate of drug-likeness (QED) is 0.391. The van der Waals surface area contributed by atoms with Crippen molar-refractivity contribution in [3.05, 3.63) is 47.5 Å². The Morgan fingerprint density at radius 1 is 1.38 bits per heavy atom. The Labute approximate surface area is 128 Å². The molecule has 21 heavy (non-hydrogen) atoms. The van der Waals surface area contributed by atoms with Crippen molar-refractivity contribution in [3.8, 4) is 6.07 Å².